The van der Waals surface area contributed by atoms with Crippen LogP contribution in [-0.2, 0) is 0 Å². The first kappa shape index (κ1) is 20.0. The van der Waals surface area contributed by atoms with Gasteiger partial charge in [-0.25, -0.2) is 8.78 Å². The topological polar surface area (TPSA) is 51.0 Å². The summed E-state index contributed by atoms with van der Waals surface area (Å²) in [5.74, 6) is -0.449. The van der Waals surface area contributed by atoms with Crippen molar-refractivity contribution in [1.29, 1.82) is 0 Å². The Morgan fingerprint density at radius 1 is 0.900 bits per heavy atom. The molecule has 7 heteroatoms. The molecule has 1 heterocycles. The second-order valence-electron chi connectivity index (χ2n) is 7.08. The van der Waals surface area contributed by atoms with Gasteiger partial charge in [0.25, 0.3) is 0 Å². The molecule has 0 unspecified atom stereocenters. The predicted octanol–water partition coefficient (Wildman–Crippen LogP) is 6.49. The van der Waals surface area contributed by atoms with E-state index in [2.05, 4.69) is 21.6 Å². The Bertz CT molecular complexity index is 1190. The second-order valence-corrected chi connectivity index (χ2v) is 7.48. The van der Waals surface area contributed by atoms with Crippen LogP contribution in [-0.4, -0.2) is 10.2 Å². The van der Waals surface area contributed by atoms with Gasteiger partial charge in [0.05, 0.1) is 0 Å². The highest BCUT2D eigenvalue weighted by Crippen LogP contribution is 2.33. The monoisotopic (exact) mass is 425 g/mol. The van der Waals surface area contributed by atoms with E-state index in [4.69, 9.17) is 16.0 Å². The van der Waals surface area contributed by atoms with Gasteiger partial charge in [-0.3, -0.25) is 0 Å². The molecule has 0 saturated heterocycles. The van der Waals surface area contributed by atoms with E-state index in [1.165, 1.54) is 24.3 Å². The van der Waals surface area contributed by atoms with Crippen LogP contribution in [0.5, 0.6) is 0 Å². The predicted molar refractivity (Wildman–Crippen MR) is 112 cm³/mol. The molecule has 0 radical (unpaired) electrons. The molecule has 0 saturated carbocycles. The highest BCUT2D eigenvalue weighted by atomic mass is 35.5. The van der Waals surface area contributed by atoms with Crippen LogP contribution in [0.1, 0.15) is 28.6 Å². The third-order valence-electron chi connectivity index (χ3n) is 4.57. The number of hydrogen-bond acceptors (Lipinski definition) is 4. The SMILES string of the molecule is Cc1cc(C)cc(N[C@@H](c2nnc(-c3cccc(F)c3)o2)c2ccc(F)cc2Cl)c1. The van der Waals surface area contributed by atoms with Crippen molar-refractivity contribution in [1.82, 2.24) is 10.2 Å². The lowest BCUT2D eigenvalue weighted by Crippen LogP contribution is -2.14. The lowest BCUT2D eigenvalue weighted by molar-refractivity contribution is 0.493. The number of rotatable bonds is 5. The molecule has 0 aliphatic rings. The van der Waals surface area contributed by atoms with Crippen molar-refractivity contribution in [2.24, 2.45) is 0 Å². The first-order chi connectivity index (χ1) is 14.4. The van der Waals surface area contributed by atoms with Gasteiger partial charge >= 0.3 is 0 Å². The Hall–Kier alpha value is -3.25. The number of aromatic nitrogens is 2. The van der Waals surface area contributed by atoms with Gasteiger partial charge in [0.15, 0.2) is 0 Å². The van der Waals surface area contributed by atoms with E-state index < -0.39 is 17.7 Å². The molecule has 30 heavy (non-hydrogen) atoms. The van der Waals surface area contributed by atoms with Crippen molar-refractivity contribution < 1.29 is 13.2 Å². The van der Waals surface area contributed by atoms with Crippen LogP contribution >= 0.6 is 11.6 Å². The van der Waals surface area contributed by atoms with Gasteiger partial charge < -0.3 is 9.73 Å². The summed E-state index contributed by atoms with van der Waals surface area (Å²) in [6.07, 6.45) is 0. The van der Waals surface area contributed by atoms with E-state index in [1.54, 1.807) is 18.2 Å². The van der Waals surface area contributed by atoms with Crippen LogP contribution in [0.4, 0.5) is 14.5 Å². The quantitative estimate of drug-likeness (QED) is 0.397. The van der Waals surface area contributed by atoms with E-state index in [0.717, 1.165) is 16.8 Å². The number of halogens is 3. The number of nitrogens with one attached hydrogen (secondary N) is 1. The average Bonchev–Trinajstić information content (AvgIpc) is 3.16. The molecule has 4 rings (SSSR count). The highest BCUT2D eigenvalue weighted by Gasteiger charge is 2.24. The van der Waals surface area contributed by atoms with Crippen molar-refractivity contribution in [3.8, 4) is 11.5 Å². The van der Waals surface area contributed by atoms with Gasteiger partial charge in [0.1, 0.15) is 17.7 Å². The van der Waals surface area contributed by atoms with E-state index in [9.17, 15) is 8.78 Å². The Morgan fingerprint density at radius 3 is 2.33 bits per heavy atom. The molecule has 4 nitrogen and oxygen atoms in total. The lowest BCUT2D eigenvalue weighted by atomic mass is 10.0. The number of hydrogen-bond donors (Lipinski definition) is 1. The van der Waals surface area contributed by atoms with Crippen LogP contribution in [0.3, 0.4) is 0 Å². The second kappa shape index (κ2) is 8.24. The van der Waals surface area contributed by atoms with Crippen molar-refractivity contribution in [2.45, 2.75) is 19.9 Å². The minimum atomic E-state index is -0.630. The molecule has 0 aliphatic carbocycles. The fraction of sp³-hybridized carbons (Fsp3) is 0.130. The summed E-state index contributed by atoms with van der Waals surface area (Å²) in [5.41, 5.74) is 4.01. The van der Waals surface area contributed by atoms with Gasteiger partial charge in [-0.2, -0.15) is 0 Å². The van der Waals surface area contributed by atoms with Gasteiger partial charge in [0, 0.05) is 21.8 Å². The Morgan fingerprint density at radius 2 is 1.63 bits per heavy atom. The summed E-state index contributed by atoms with van der Waals surface area (Å²) in [5, 5.41) is 11.8. The van der Waals surface area contributed by atoms with Crippen LogP contribution in [0.15, 0.2) is 65.1 Å². The molecule has 1 N–H and O–H groups in total. The molecular formula is C23H18ClF2N3O. The summed E-state index contributed by atoms with van der Waals surface area (Å²) in [7, 11) is 0. The molecule has 0 aliphatic heterocycles. The van der Waals surface area contributed by atoms with E-state index in [1.807, 2.05) is 26.0 Å². The summed E-state index contributed by atoms with van der Waals surface area (Å²) in [6, 6.07) is 15.4. The van der Waals surface area contributed by atoms with E-state index in [-0.39, 0.29) is 16.8 Å². The van der Waals surface area contributed by atoms with Gasteiger partial charge in [0.2, 0.25) is 11.8 Å². The van der Waals surface area contributed by atoms with Gasteiger partial charge in [-0.15, -0.1) is 10.2 Å². The fourth-order valence-corrected chi connectivity index (χ4v) is 3.60. The van der Waals surface area contributed by atoms with Crippen LogP contribution in [0, 0.1) is 25.5 Å². The van der Waals surface area contributed by atoms with Crippen LogP contribution in [0.25, 0.3) is 11.5 Å². The third kappa shape index (κ3) is 4.33. The first-order valence-corrected chi connectivity index (χ1v) is 9.66. The van der Waals surface area contributed by atoms with Crippen molar-refractivity contribution >= 4 is 17.3 Å². The maximum atomic E-state index is 13.6. The smallest absolute Gasteiger partial charge is 0.247 e. The molecule has 0 bridgehead atoms. The van der Waals surface area contributed by atoms with Crippen LogP contribution in [0.2, 0.25) is 5.02 Å². The Kier molecular flexibility index (Phi) is 5.50. The zero-order valence-electron chi connectivity index (χ0n) is 16.3. The molecule has 4 aromatic rings. The Labute approximate surface area is 177 Å². The molecule has 0 fully saturated rings. The number of benzene rings is 3. The standard InChI is InChI=1S/C23H18ClF2N3O/c1-13-8-14(2)10-18(9-13)27-21(19-7-6-17(26)12-20(19)24)23-29-28-22(30-23)15-4-3-5-16(25)11-15/h3-12,21,27H,1-2H3/t21-/m1/s1. The number of aryl methyl sites for hydroxylation is 2. The molecule has 1 atom stereocenters. The number of anilines is 1. The molecule has 0 amide bonds. The van der Waals surface area contributed by atoms with Crippen LogP contribution < -0.4 is 5.32 Å². The summed E-state index contributed by atoms with van der Waals surface area (Å²) in [6.45, 7) is 3.99. The molecule has 152 valence electrons. The van der Waals surface area contributed by atoms with Gasteiger partial charge in [-0.05, 0) is 67.4 Å². The summed E-state index contributed by atoms with van der Waals surface area (Å²) < 4.78 is 33.1. The molecule has 0 spiro atoms. The zero-order valence-corrected chi connectivity index (χ0v) is 17.0. The summed E-state index contributed by atoms with van der Waals surface area (Å²) >= 11 is 6.33. The third-order valence-corrected chi connectivity index (χ3v) is 4.89. The first-order valence-electron chi connectivity index (χ1n) is 9.28. The highest BCUT2D eigenvalue weighted by molar-refractivity contribution is 6.31. The summed E-state index contributed by atoms with van der Waals surface area (Å²) in [4.78, 5) is 0. The maximum Gasteiger partial charge on any atom is 0.247 e. The lowest BCUT2D eigenvalue weighted by Gasteiger charge is -2.19. The van der Waals surface area contributed by atoms with Crippen molar-refractivity contribution in [3.63, 3.8) is 0 Å². The largest absolute Gasteiger partial charge is 0.418 e. The maximum absolute atomic E-state index is 13.6. The van der Waals surface area contributed by atoms with E-state index >= 15 is 0 Å². The minimum Gasteiger partial charge on any atom is -0.418 e. The molecular weight excluding hydrogens is 408 g/mol. The number of nitrogens with zero attached hydrogens (tertiary/aromatic N) is 2. The molecule has 3 aromatic carbocycles. The van der Waals surface area contributed by atoms with Gasteiger partial charge in [-0.1, -0.05) is 29.8 Å². The normalized spacial score (nSPS) is 12.0. The average molecular weight is 426 g/mol. The zero-order chi connectivity index (χ0) is 21.3. The van der Waals surface area contributed by atoms with E-state index in [0.29, 0.717) is 11.1 Å². The Balaban J connectivity index is 1.77. The fourth-order valence-electron chi connectivity index (χ4n) is 3.32. The van der Waals surface area contributed by atoms with Crippen molar-refractivity contribution in [2.75, 3.05) is 5.32 Å². The minimum absolute atomic E-state index is 0.176. The van der Waals surface area contributed by atoms with Crippen molar-refractivity contribution in [3.05, 3.63) is 99.9 Å². The molecule has 1 aromatic heterocycles.